The average molecular weight is 351 g/mol. The first-order valence-electron chi connectivity index (χ1n) is 10.4. The fourth-order valence-corrected chi connectivity index (χ4v) is 4.82. The van der Waals surface area contributed by atoms with Crippen molar-refractivity contribution >= 4 is 21.5 Å². The van der Waals surface area contributed by atoms with Gasteiger partial charge in [0.15, 0.2) is 0 Å². The molecule has 0 aromatic heterocycles. The molecule has 2 aliphatic carbocycles. The first-order chi connectivity index (χ1) is 13.4. The van der Waals surface area contributed by atoms with E-state index < -0.39 is 0 Å². The number of rotatable bonds is 0. The molecule has 0 nitrogen and oxygen atoms in total. The van der Waals surface area contributed by atoms with Gasteiger partial charge < -0.3 is 0 Å². The summed E-state index contributed by atoms with van der Waals surface area (Å²) in [6.45, 7) is 0. The van der Waals surface area contributed by atoms with Crippen molar-refractivity contribution in [2.24, 2.45) is 0 Å². The minimum atomic E-state index is 1.15. The average Bonchev–Trinajstić information content (AvgIpc) is 2.74. The maximum absolute atomic E-state index is 2.39. The van der Waals surface area contributed by atoms with Crippen molar-refractivity contribution in [1.29, 1.82) is 0 Å². The van der Waals surface area contributed by atoms with E-state index in [2.05, 4.69) is 72.8 Å². The Morgan fingerprint density at radius 1 is 0.333 bits per heavy atom. The molecule has 2 aliphatic rings. The molecule has 0 fully saturated rings. The molecule has 0 saturated heterocycles. The normalized spacial score (nSPS) is 15.1. The highest BCUT2D eigenvalue weighted by atomic mass is 14.1. The van der Waals surface area contributed by atoms with Crippen molar-refractivity contribution in [2.75, 3.05) is 0 Å². The Kier molecular flexibility index (Phi) is 4.41. The van der Waals surface area contributed by atoms with Crippen LogP contribution in [-0.4, -0.2) is 0 Å². The summed E-state index contributed by atoms with van der Waals surface area (Å²) < 4.78 is 0. The third kappa shape index (κ3) is 3.14. The molecule has 6 rings (SSSR count). The van der Waals surface area contributed by atoms with Gasteiger partial charge in [0.05, 0.1) is 0 Å². The Hall–Kier alpha value is -2.60. The lowest BCUT2D eigenvalue weighted by Crippen LogP contribution is -1.95. The molecule has 0 aliphatic heterocycles. The summed E-state index contributed by atoms with van der Waals surface area (Å²) in [6, 6.07) is 27.6. The van der Waals surface area contributed by atoms with Gasteiger partial charge in [-0.2, -0.15) is 0 Å². The van der Waals surface area contributed by atoms with Crippen LogP contribution in [0.4, 0.5) is 0 Å². The third-order valence-electron chi connectivity index (χ3n) is 6.24. The second-order valence-corrected chi connectivity index (χ2v) is 7.92. The zero-order valence-corrected chi connectivity index (χ0v) is 15.9. The molecule has 0 radical (unpaired) electrons. The fourth-order valence-electron chi connectivity index (χ4n) is 4.82. The molecular formula is C27H26. The lowest BCUT2D eigenvalue weighted by atomic mass is 9.93. The number of aryl methyl sites for hydroxylation is 4. The van der Waals surface area contributed by atoms with Crippen molar-refractivity contribution < 1.29 is 0 Å². The summed E-state index contributed by atoms with van der Waals surface area (Å²) in [7, 11) is 0. The van der Waals surface area contributed by atoms with E-state index in [1.807, 2.05) is 0 Å². The molecule has 0 spiro atoms. The second-order valence-electron chi connectivity index (χ2n) is 7.92. The van der Waals surface area contributed by atoms with Gasteiger partial charge in [-0.15, -0.1) is 0 Å². The Balaban J connectivity index is 1.58. The zero-order valence-electron chi connectivity index (χ0n) is 15.9. The van der Waals surface area contributed by atoms with Crippen LogP contribution in [0.2, 0.25) is 0 Å². The van der Waals surface area contributed by atoms with Gasteiger partial charge in [0, 0.05) is 0 Å². The quantitative estimate of drug-likeness (QED) is 0.319. The highest BCUT2D eigenvalue weighted by Crippen LogP contribution is 2.29. The van der Waals surface area contributed by atoms with Crippen LogP contribution in [-0.2, 0) is 25.7 Å². The largest absolute Gasteiger partial charge is 0.0616 e. The summed E-state index contributed by atoms with van der Waals surface area (Å²) in [5.74, 6) is 0. The summed E-state index contributed by atoms with van der Waals surface area (Å²) >= 11 is 0. The van der Waals surface area contributed by atoms with Gasteiger partial charge in [-0.1, -0.05) is 72.8 Å². The van der Waals surface area contributed by atoms with Gasteiger partial charge in [-0.05, 0) is 88.7 Å². The van der Waals surface area contributed by atoms with Gasteiger partial charge in [0.2, 0.25) is 0 Å². The van der Waals surface area contributed by atoms with Gasteiger partial charge in [-0.3, -0.25) is 0 Å². The van der Waals surface area contributed by atoms with E-state index in [-0.39, 0.29) is 0 Å². The van der Waals surface area contributed by atoms with Crippen LogP contribution in [0.5, 0.6) is 0 Å². The maximum atomic E-state index is 2.39. The lowest BCUT2D eigenvalue weighted by Gasteiger charge is -2.12. The topological polar surface area (TPSA) is 0 Å². The van der Waals surface area contributed by atoms with E-state index in [4.69, 9.17) is 0 Å². The molecule has 0 unspecified atom stereocenters. The predicted octanol–water partition coefficient (Wildman–Crippen LogP) is 7.05. The molecule has 0 heteroatoms. The van der Waals surface area contributed by atoms with Crippen LogP contribution in [0.1, 0.15) is 41.5 Å². The Bertz CT molecular complexity index is 1010. The van der Waals surface area contributed by atoms with Crippen LogP contribution in [0, 0.1) is 0 Å². The highest BCUT2D eigenvalue weighted by molar-refractivity contribution is 5.89. The van der Waals surface area contributed by atoms with Crippen molar-refractivity contribution in [3.63, 3.8) is 0 Å². The Morgan fingerprint density at radius 2 is 0.630 bits per heavy atom. The molecule has 4 aromatic rings. The smallest absolute Gasteiger partial charge is 0.0149 e. The number of hydrogen-bond donors (Lipinski definition) is 0. The van der Waals surface area contributed by atoms with Crippen LogP contribution in [0.3, 0.4) is 0 Å². The van der Waals surface area contributed by atoms with Crippen molar-refractivity contribution in [2.45, 2.75) is 44.9 Å². The molecule has 4 aromatic carbocycles. The van der Waals surface area contributed by atoms with E-state index in [0.29, 0.717) is 0 Å². The molecule has 0 amide bonds. The Labute approximate surface area is 161 Å². The molecule has 0 N–H and O–H groups in total. The standard InChI is InChI=1S/C27H26/c1-2-9-21-17-19-23(27-15-6-4-13-25(21)27)11-7-10-22-18-16-20(8-1)24-12-3-5-14-26(22)24/h3-6,12-19H,1-2,7-11H2. The summed E-state index contributed by atoms with van der Waals surface area (Å²) in [5, 5.41) is 5.86. The molecule has 0 saturated carbocycles. The first kappa shape index (κ1) is 16.6. The van der Waals surface area contributed by atoms with Crippen LogP contribution < -0.4 is 0 Å². The minimum Gasteiger partial charge on any atom is -0.0616 e. The molecule has 0 atom stereocenters. The monoisotopic (exact) mass is 350 g/mol. The minimum absolute atomic E-state index is 1.15. The summed E-state index contributed by atoms with van der Waals surface area (Å²) in [6.07, 6.45) is 8.35. The van der Waals surface area contributed by atoms with Gasteiger partial charge >= 0.3 is 0 Å². The van der Waals surface area contributed by atoms with E-state index in [9.17, 15) is 0 Å². The SMILES string of the molecule is c1ccc2c3ccc(c2c1)CCCCc1ccc(c2ccccc12)CCC3. The van der Waals surface area contributed by atoms with E-state index in [0.717, 1.165) is 12.8 Å². The first-order valence-corrected chi connectivity index (χ1v) is 10.4. The molecular weight excluding hydrogens is 324 g/mol. The van der Waals surface area contributed by atoms with E-state index >= 15 is 0 Å². The summed E-state index contributed by atoms with van der Waals surface area (Å²) in [5.41, 5.74) is 6.04. The van der Waals surface area contributed by atoms with Crippen LogP contribution in [0.15, 0.2) is 72.8 Å². The van der Waals surface area contributed by atoms with Gasteiger partial charge in [0.1, 0.15) is 0 Å². The fraction of sp³-hybridized carbons (Fsp3) is 0.259. The van der Waals surface area contributed by atoms with Gasteiger partial charge in [0.25, 0.3) is 0 Å². The molecule has 27 heavy (non-hydrogen) atoms. The maximum Gasteiger partial charge on any atom is -0.0149 e. The van der Waals surface area contributed by atoms with Gasteiger partial charge in [-0.25, -0.2) is 0 Å². The molecule has 4 bridgehead atoms. The highest BCUT2D eigenvalue weighted by Gasteiger charge is 2.10. The van der Waals surface area contributed by atoms with E-state index in [1.54, 1.807) is 0 Å². The van der Waals surface area contributed by atoms with Crippen molar-refractivity contribution in [1.82, 2.24) is 0 Å². The number of hydrogen-bond acceptors (Lipinski definition) is 0. The lowest BCUT2D eigenvalue weighted by molar-refractivity contribution is 0.739. The zero-order chi connectivity index (χ0) is 18.1. The molecule has 0 heterocycles. The number of fused-ring (bicyclic) bond motifs is 7. The Morgan fingerprint density at radius 3 is 0.963 bits per heavy atom. The number of benzene rings is 4. The van der Waals surface area contributed by atoms with Crippen molar-refractivity contribution in [3.8, 4) is 0 Å². The van der Waals surface area contributed by atoms with Crippen LogP contribution in [0.25, 0.3) is 21.5 Å². The van der Waals surface area contributed by atoms with E-state index in [1.165, 1.54) is 75.9 Å². The molecule has 134 valence electrons. The van der Waals surface area contributed by atoms with Crippen LogP contribution >= 0.6 is 0 Å². The van der Waals surface area contributed by atoms with Crippen molar-refractivity contribution in [3.05, 3.63) is 95.1 Å². The third-order valence-corrected chi connectivity index (χ3v) is 6.24. The predicted molar refractivity (Wildman–Crippen MR) is 117 cm³/mol. The second kappa shape index (κ2) is 7.19. The summed E-state index contributed by atoms with van der Waals surface area (Å²) in [4.78, 5) is 0.